The molecular formula is C14H12N2O3S. The van der Waals surface area contributed by atoms with Crippen molar-refractivity contribution in [2.75, 3.05) is 13.4 Å². The standard InChI is InChI=1S/C14H12N2O3S/c1-19-14-13(6-10(8-15)9-16-14)11-4-3-5-12(7-11)20(2,17)18/h3-7,9H,1-2H3. The summed E-state index contributed by atoms with van der Waals surface area (Å²) < 4.78 is 28.3. The molecule has 102 valence electrons. The summed E-state index contributed by atoms with van der Waals surface area (Å²) in [5.74, 6) is 0.342. The van der Waals surface area contributed by atoms with Crippen molar-refractivity contribution in [1.29, 1.82) is 5.26 Å². The van der Waals surface area contributed by atoms with Gasteiger partial charge >= 0.3 is 0 Å². The van der Waals surface area contributed by atoms with Crippen LogP contribution < -0.4 is 4.74 Å². The Morgan fingerprint density at radius 3 is 2.65 bits per heavy atom. The molecule has 0 aliphatic carbocycles. The fourth-order valence-electron chi connectivity index (χ4n) is 1.78. The average molecular weight is 288 g/mol. The molecule has 0 saturated heterocycles. The Hall–Kier alpha value is -2.39. The maximum Gasteiger partial charge on any atom is 0.221 e. The van der Waals surface area contributed by atoms with Crippen LogP contribution in [-0.4, -0.2) is 26.8 Å². The van der Waals surface area contributed by atoms with Gasteiger partial charge in [-0.3, -0.25) is 0 Å². The third-order valence-corrected chi connectivity index (χ3v) is 3.86. The Morgan fingerprint density at radius 1 is 1.30 bits per heavy atom. The van der Waals surface area contributed by atoms with Gasteiger partial charge in [-0.15, -0.1) is 0 Å². The van der Waals surface area contributed by atoms with Gasteiger partial charge in [-0.2, -0.15) is 5.26 Å². The van der Waals surface area contributed by atoms with Gasteiger partial charge in [0.05, 0.1) is 17.6 Å². The van der Waals surface area contributed by atoms with Crippen LogP contribution in [-0.2, 0) is 9.84 Å². The summed E-state index contributed by atoms with van der Waals surface area (Å²) in [6.07, 6.45) is 2.55. The molecule has 0 radical (unpaired) electrons. The maximum absolute atomic E-state index is 11.6. The predicted octanol–water partition coefficient (Wildman–Crippen LogP) is 2.03. The minimum atomic E-state index is -3.29. The van der Waals surface area contributed by atoms with Crippen molar-refractivity contribution >= 4 is 9.84 Å². The molecule has 0 N–H and O–H groups in total. The van der Waals surface area contributed by atoms with E-state index in [0.29, 0.717) is 22.6 Å². The van der Waals surface area contributed by atoms with E-state index in [9.17, 15) is 8.42 Å². The summed E-state index contributed by atoms with van der Waals surface area (Å²) in [6.45, 7) is 0. The minimum absolute atomic E-state index is 0.208. The smallest absolute Gasteiger partial charge is 0.221 e. The fraction of sp³-hybridized carbons (Fsp3) is 0.143. The second kappa shape index (κ2) is 5.31. The van der Waals surface area contributed by atoms with E-state index in [1.165, 1.54) is 25.4 Å². The molecule has 0 amide bonds. The number of methoxy groups -OCH3 is 1. The number of hydrogen-bond acceptors (Lipinski definition) is 5. The highest BCUT2D eigenvalue weighted by molar-refractivity contribution is 7.90. The fourth-order valence-corrected chi connectivity index (χ4v) is 2.44. The molecule has 0 bridgehead atoms. The monoisotopic (exact) mass is 288 g/mol. The Balaban J connectivity index is 2.65. The average Bonchev–Trinajstić information content (AvgIpc) is 2.45. The van der Waals surface area contributed by atoms with Gasteiger partial charge in [0, 0.05) is 18.0 Å². The van der Waals surface area contributed by atoms with Gasteiger partial charge < -0.3 is 4.74 Å². The number of benzene rings is 1. The minimum Gasteiger partial charge on any atom is -0.481 e. The molecule has 0 spiro atoms. The molecule has 6 heteroatoms. The number of sulfone groups is 1. The van der Waals surface area contributed by atoms with Crippen LogP contribution in [0.4, 0.5) is 0 Å². The summed E-state index contributed by atoms with van der Waals surface area (Å²) in [5.41, 5.74) is 1.59. The molecule has 0 aliphatic rings. The lowest BCUT2D eigenvalue weighted by Crippen LogP contribution is -1.98. The van der Waals surface area contributed by atoms with Crippen LogP contribution in [0.2, 0.25) is 0 Å². The van der Waals surface area contributed by atoms with E-state index < -0.39 is 9.84 Å². The molecule has 2 rings (SSSR count). The van der Waals surface area contributed by atoms with Crippen LogP contribution >= 0.6 is 0 Å². The van der Waals surface area contributed by atoms with Crippen LogP contribution in [0.15, 0.2) is 41.4 Å². The first-order valence-electron chi connectivity index (χ1n) is 5.70. The SMILES string of the molecule is COc1ncc(C#N)cc1-c1cccc(S(C)(=O)=O)c1. The molecule has 1 aromatic heterocycles. The Morgan fingerprint density at radius 2 is 2.05 bits per heavy atom. The number of hydrogen-bond donors (Lipinski definition) is 0. The van der Waals surface area contributed by atoms with Crippen molar-refractivity contribution in [2.45, 2.75) is 4.90 Å². The lowest BCUT2D eigenvalue weighted by atomic mass is 10.1. The molecule has 0 aliphatic heterocycles. The van der Waals surface area contributed by atoms with Gasteiger partial charge in [-0.05, 0) is 23.8 Å². The van der Waals surface area contributed by atoms with Gasteiger partial charge in [-0.25, -0.2) is 13.4 Å². The van der Waals surface area contributed by atoms with Crippen molar-refractivity contribution in [1.82, 2.24) is 4.98 Å². The highest BCUT2D eigenvalue weighted by atomic mass is 32.2. The summed E-state index contributed by atoms with van der Waals surface area (Å²) in [5, 5.41) is 8.93. The van der Waals surface area contributed by atoms with Crippen LogP contribution in [0.1, 0.15) is 5.56 Å². The van der Waals surface area contributed by atoms with Gasteiger partial charge in [0.2, 0.25) is 5.88 Å². The quantitative estimate of drug-likeness (QED) is 0.863. The summed E-state index contributed by atoms with van der Waals surface area (Å²) in [6, 6.07) is 10.1. The zero-order valence-corrected chi connectivity index (χ0v) is 11.8. The van der Waals surface area contributed by atoms with Crippen molar-refractivity contribution in [3.8, 4) is 23.1 Å². The molecule has 0 saturated carbocycles. The normalized spacial score (nSPS) is 10.8. The highest BCUT2D eigenvalue weighted by Gasteiger charge is 2.12. The van der Waals surface area contributed by atoms with Gasteiger partial charge in [0.1, 0.15) is 6.07 Å². The molecule has 20 heavy (non-hydrogen) atoms. The van der Waals surface area contributed by atoms with Gasteiger partial charge in [-0.1, -0.05) is 12.1 Å². The van der Waals surface area contributed by atoms with Crippen LogP contribution in [0.25, 0.3) is 11.1 Å². The van der Waals surface area contributed by atoms with E-state index in [4.69, 9.17) is 10.00 Å². The molecule has 0 unspecified atom stereocenters. The molecule has 1 heterocycles. The van der Waals surface area contributed by atoms with E-state index in [-0.39, 0.29) is 4.90 Å². The van der Waals surface area contributed by atoms with E-state index in [0.717, 1.165) is 6.26 Å². The first kappa shape index (κ1) is 14.0. The Kier molecular flexibility index (Phi) is 3.72. The zero-order chi connectivity index (χ0) is 14.8. The first-order chi connectivity index (χ1) is 9.45. The third kappa shape index (κ3) is 2.78. The summed E-state index contributed by atoms with van der Waals surface area (Å²) in [7, 11) is -1.82. The molecule has 0 atom stereocenters. The van der Waals surface area contributed by atoms with E-state index >= 15 is 0 Å². The van der Waals surface area contributed by atoms with Crippen molar-refractivity contribution in [3.63, 3.8) is 0 Å². The van der Waals surface area contributed by atoms with Gasteiger partial charge in [0.15, 0.2) is 9.84 Å². The Bertz CT molecular complexity index is 792. The zero-order valence-electron chi connectivity index (χ0n) is 11.0. The maximum atomic E-state index is 11.6. The lowest BCUT2D eigenvalue weighted by molar-refractivity contribution is 0.399. The number of ether oxygens (including phenoxy) is 1. The number of pyridine rings is 1. The van der Waals surface area contributed by atoms with Crippen molar-refractivity contribution < 1.29 is 13.2 Å². The number of nitrogens with zero attached hydrogens (tertiary/aromatic N) is 2. The van der Waals surface area contributed by atoms with E-state index in [1.54, 1.807) is 18.2 Å². The number of aromatic nitrogens is 1. The molecule has 2 aromatic rings. The van der Waals surface area contributed by atoms with E-state index in [2.05, 4.69) is 4.98 Å². The highest BCUT2D eigenvalue weighted by Crippen LogP contribution is 2.30. The van der Waals surface area contributed by atoms with Crippen molar-refractivity contribution in [2.24, 2.45) is 0 Å². The van der Waals surface area contributed by atoms with Gasteiger partial charge in [0.25, 0.3) is 0 Å². The second-order valence-electron chi connectivity index (χ2n) is 4.19. The van der Waals surface area contributed by atoms with Crippen LogP contribution in [0.3, 0.4) is 0 Å². The first-order valence-corrected chi connectivity index (χ1v) is 7.59. The lowest BCUT2D eigenvalue weighted by Gasteiger charge is -2.09. The number of nitriles is 1. The molecule has 0 fully saturated rings. The second-order valence-corrected chi connectivity index (χ2v) is 6.21. The van der Waals surface area contributed by atoms with Crippen molar-refractivity contribution in [3.05, 3.63) is 42.1 Å². The predicted molar refractivity (Wildman–Crippen MR) is 74.0 cm³/mol. The van der Waals surface area contributed by atoms with Crippen LogP contribution in [0.5, 0.6) is 5.88 Å². The Labute approximate surface area is 117 Å². The third-order valence-electron chi connectivity index (χ3n) is 2.75. The summed E-state index contributed by atoms with van der Waals surface area (Å²) in [4.78, 5) is 4.25. The molecule has 5 nitrogen and oxygen atoms in total. The summed E-state index contributed by atoms with van der Waals surface area (Å²) >= 11 is 0. The largest absolute Gasteiger partial charge is 0.481 e. The van der Waals surface area contributed by atoms with E-state index in [1.807, 2.05) is 6.07 Å². The van der Waals surface area contributed by atoms with Crippen LogP contribution in [0, 0.1) is 11.3 Å². The molecular weight excluding hydrogens is 276 g/mol. The number of rotatable bonds is 3. The molecule has 1 aromatic carbocycles. The topological polar surface area (TPSA) is 80.0 Å².